The molecule has 1 N–H and O–H groups in total. The Morgan fingerprint density at radius 3 is 2.68 bits per heavy atom. The van der Waals surface area contributed by atoms with Crippen LogP contribution in [0, 0.1) is 19.8 Å². The highest BCUT2D eigenvalue weighted by molar-refractivity contribution is 5.93. The zero-order chi connectivity index (χ0) is 19.7. The molecule has 0 saturated carbocycles. The zero-order valence-electron chi connectivity index (χ0n) is 16.5. The summed E-state index contributed by atoms with van der Waals surface area (Å²) in [5, 5.41) is 11.3. The summed E-state index contributed by atoms with van der Waals surface area (Å²) in [7, 11) is 2.10. The van der Waals surface area contributed by atoms with Gasteiger partial charge in [-0.2, -0.15) is 0 Å². The third kappa shape index (κ3) is 3.50. The summed E-state index contributed by atoms with van der Waals surface area (Å²) in [6.45, 7) is 5.46. The van der Waals surface area contributed by atoms with Gasteiger partial charge in [0, 0.05) is 25.8 Å². The molecule has 0 spiro atoms. The van der Waals surface area contributed by atoms with Crippen LogP contribution in [-0.2, 0) is 6.42 Å². The van der Waals surface area contributed by atoms with Gasteiger partial charge >= 0.3 is 0 Å². The zero-order valence-corrected chi connectivity index (χ0v) is 16.5. The number of fused-ring (bicyclic) bond motifs is 1. The molecule has 1 amide bonds. The fraction of sp³-hybridized carbons (Fsp3) is 0.318. The Hall–Kier alpha value is -3.15. The number of benzene rings is 2. The molecule has 144 valence electrons. The van der Waals surface area contributed by atoms with Crippen LogP contribution in [0.4, 0.5) is 5.69 Å². The Balaban J connectivity index is 1.43. The molecule has 6 heteroatoms. The normalized spacial score (nSPS) is 16.0. The van der Waals surface area contributed by atoms with E-state index >= 15 is 0 Å². The number of nitrogens with one attached hydrogen (secondary N) is 1. The van der Waals surface area contributed by atoms with Gasteiger partial charge in [0.15, 0.2) is 5.69 Å². The van der Waals surface area contributed by atoms with Gasteiger partial charge in [-0.05, 0) is 49.9 Å². The number of aryl methyl sites for hydroxylation is 1. The van der Waals surface area contributed by atoms with Crippen molar-refractivity contribution in [2.75, 3.05) is 25.0 Å². The van der Waals surface area contributed by atoms with Crippen LogP contribution in [0.3, 0.4) is 0 Å². The van der Waals surface area contributed by atoms with Gasteiger partial charge < -0.3 is 10.2 Å². The molecule has 3 aromatic rings. The van der Waals surface area contributed by atoms with E-state index in [1.807, 2.05) is 38.1 Å². The second-order valence-electron chi connectivity index (χ2n) is 7.56. The molecule has 0 radical (unpaired) electrons. The van der Waals surface area contributed by atoms with Gasteiger partial charge in [-0.15, -0.1) is 5.10 Å². The fourth-order valence-electron chi connectivity index (χ4n) is 3.84. The van der Waals surface area contributed by atoms with Crippen LogP contribution >= 0.6 is 0 Å². The van der Waals surface area contributed by atoms with Crippen LogP contribution in [0.15, 0.2) is 48.5 Å². The second-order valence-corrected chi connectivity index (χ2v) is 7.56. The second kappa shape index (κ2) is 7.46. The van der Waals surface area contributed by atoms with Crippen molar-refractivity contribution in [1.82, 2.24) is 20.3 Å². The van der Waals surface area contributed by atoms with E-state index < -0.39 is 0 Å². The Morgan fingerprint density at radius 2 is 1.89 bits per heavy atom. The number of hydrogen-bond donors (Lipinski definition) is 1. The lowest BCUT2D eigenvalue weighted by Gasteiger charge is -2.33. The van der Waals surface area contributed by atoms with E-state index in [2.05, 4.69) is 51.8 Å². The Labute approximate surface area is 165 Å². The van der Waals surface area contributed by atoms with Crippen molar-refractivity contribution in [2.24, 2.45) is 5.92 Å². The summed E-state index contributed by atoms with van der Waals surface area (Å²) in [5.74, 6) is 0.202. The highest BCUT2D eigenvalue weighted by atomic mass is 16.2. The third-order valence-corrected chi connectivity index (χ3v) is 5.38. The van der Waals surface area contributed by atoms with Gasteiger partial charge in [-0.1, -0.05) is 41.1 Å². The van der Waals surface area contributed by atoms with Crippen LogP contribution in [0.5, 0.6) is 0 Å². The van der Waals surface area contributed by atoms with Gasteiger partial charge in [0.1, 0.15) is 0 Å². The molecular formula is C22H25N5O. The highest BCUT2D eigenvalue weighted by Gasteiger charge is 2.23. The minimum absolute atomic E-state index is 0.169. The number of aromatic nitrogens is 3. The molecule has 1 atom stereocenters. The maximum absolute atomic E-state index is 12.7. The Bertz CT molecular complexity index is 992. The molecule has 28 heavy (non-hydrogen) atoms. The molecular weight excluding hydrogens is 350 g/mol. The Morgan fingerprint density at radius 1 is 1.14 bits per heavy atom. The van der Waals surface area contributed by atoms with Crippen molar-refractivity contribution in [3.05, 3.63) is 71.0 Å². The van der Waals surface area contributed by atoms with Crippen molar-refractivity contribution in [1.29, 1.82) is 0 Å². The summed E-state index contributed by atoms with van der Waals surface area (Å²) in [4.78, 5) is 15.0. The van der Waals surface area contributed by atoms with E-state index in [1.54, 1.807) is 4.68 Å². The van der Waals surface area contributed by atoms with Gasteiger partial charge in [0.2, 0.25) is 0 Å². The maximum atomic E-state index is 12.7. The molecule has 0 aliphatic carbocycles. The maximum Gasteiger partial charge on any atom is 0.273 e. The number of amides is 1. The average Bonchev–Trinajstić information content (AvgIpc) is 3.08. The lowest BCUT2D eigenvalue weighted by Crippen LogP contribution is -2.39. The van der Waals surface area contributed by atoms with Gasteiger partial charge in [0.05, 0.1) is 11.4 Å². The predicted molar refractivity (Wildman–Crippen MR) is 110 cm³/mol. The van der Waals surface area contributed by atoms with Crippen molar-refractivity contribution in [2.45, 2.75) is 20.3 Å². The predicted octanol–water partition coefficient (Wildman–Crippen LogP) is 2.92. The molecule has 0 saturated heterocycles. The van der Waals surface area contributed by atoms with Crippen molar-refractivity contribution < 1.29 is 4.79 Å². The minimum Gasteiger partial charge on any atom is -0.374 e. The first-order valence-electron chi connectivity index (χ1n) is 9.59. The molecule has 6 nitrogen and oxygen atoms in total. The molecule has 2 heterocycles. The lowest BCUT2D eigenvalue weighted by molar-refractivity contribution is 0.0941. The monoisotopic (exact) mass is 375 g/mol. The number of rotatable bonds is 4. The van der Waals surface area contributed by atoms with E-state index in [1.165, 1.54) is 16.8 Å². The Kier molecular flexibility index (Phi) is 4.86. The minimum atomic E-state index is -0.169. The molecule has 1 aliphatic rings. The van der Waals surface area contributed by atoms with Gasteiger partial charge in [-0.25, -0.2) is 4.68 Å². The van der Waals surface area contributed by atoms with Gasteiger partial charge in [0.25, 0.3) is 5.91 Å². The van der Waals surface area contributed by atoms with Crippen LogP contribution < -0.4 is 10.2 Å². The van der Waals surface area contributed by atoms with Crippen LogP contribution in [0.25, 0.3) is 5.69 Å². The molecule has 0 fully saturated rings. The van der Waals surface area contributed by atoms with Crippen molar-refractivity contribution in [3.63, 3.8) is 0 Å². The first kappa shape index (κ1) is 18.2. The number of carbonyl (C=O) groups is 1. The number of carbonyl (C=O) groups excluding carboxylic acids is 1. The van der Waals surface area contributed by atoms with Crippen LogP contribution in [-0.4, -0.2) is 41.0 Å². The number of para-hydroxylation sites is 1. The van der Waals surface area contributed by atoms with Crippen molar-refractivity contribution in [3.8, 4) is 5.69 Å². The molecule has 1 aromatic heterocycles. The molecule has 1 aliphatic heterocycles. The number of nitrogens with zero attached hydrogens (tertiary/aromatic N) is 4. The summed E-state index contributed by atoms with van der Waals surface area (Å²) >= 11 is 0. The topological polar surface area (TPSA) is 63.1 Å². The molecule has 0 unspecified atom stereocenters. The van der Waals surface area contributed by atoms with Gasteiger partial charge in [-0.3, -0.25) is 4.79 Å². The number of hydrogen-bond acceptors (Lipinski definition) is 4. The quantitative estimate of drug-likeness (QED) is 0.762. The SMILES string of the molecule is Cc1ccc(-n2nnc(C(=O)NC[C@H]3Cc4ccccc4N(C)C3)c2C)cc1. The third-order valence-electron chi connectivity index (χ3n) is 5.38. The summed E-state index contributed by atoms with van der Waals surface area (Å²) in [5.41, 5.74) is 5.82. The van der Waals surface area contributed by atoms with E-state index in [0.29, 0.717) is 18.2 Å². The average molecular weight is 375 g/mol. The lowest BCUT2D eigenvalue weighted by atomic mass is 9.93. The van der Waals surface area contributed by atoms with E-state index in [4.69, 9.17) is 0 Å². The molecule has 4 rings (SSSR count). The van der Waals surface area contributed by atoms with E-state index in [0.717, 1.165) is 24.3 Å². The summed E-state index contributed by atoms with van der Waals surface area (Å²) in [6, 6.07) is 16.5. The summed E-state index contributed by atoms with van der Waals surface area (Å²) < 4.78 is 1.71. The van der Waals surface area contributed by atoms with E-state index in [9.17, 15) is 4.79 Å². The first-order chi connectivity index (χ1) is 13.5. The smallest absolute Gasteiger partial charge is 0.273 e. The standard InChI is InChI=1S/C22H25N5O/c1-15-8-10-19(11-9-15)27-16(2)21(24-25-27)22(28)23-13-17-12-18-6-4-5-7-20(18)26(3)14-17/h4-11,17H,12-14H2,1-3H3,(H,23,28)/t17-/m1/s1. The highest BCUT2D eigenvalue weighted by Crippen LogP contribution is 2.28. The number of anilines is 1. The fourth-order valence-corrected chi connectivity index (χ4v) is 3.84. The molecule has 2 aromatic carbocycles. The van der Waals surface area contributed by atoms with Crippen LogP contribution in [0.1, 0.15) is 27.3 Å². The molecule has 0 bridgehead atoms. The first-order valence-corrected chi connectivity index (χ1v) is 9.59. The van der Waals surface area contributed by atoms with E-state index in [-0.39, 0.29) is 5.91 Å². The van der Waals surface area contributed by atoms with Crippen molar-refractivity contribution >= 4 is 11.6 Å². The largest absolute Gasteiger partial charge is 0.374 e. The van der Waals surface area contributed by atoms with Crippen LogP contribution in [0.2, 0.25) is 0 Å². The summed E-state index contributed by atoms with van der Waals surface area (Å²) in [6.07, 6.45) is 0.968.